The first kappa shape index (κ1) is 18.7. The summed E-state index contributed by atoms with van der Waals surface area (Å²) >= 11 is 0. The molecule has 5 rings (SSSR count). The van der Waals surface area contributed by atoms with Gasteiger partial charge in [0.25, 0.3) is 5.91 Å². The minimum absolute atomic E-state index is 0.0247. The van der Waals surface area contributed by atoms with Gasteiger partial charge in [0.1, 0.15) is 11.4 Å². The Bertz CT molecular complexity index is 1000. The molecule has 30 heavy (non-hydrogen) atoms. The average molecular weight is 408 g/mol. The molecule has 2 aromatic rings. The van der Waals surface area contributed by atoms with E-state index in [1.54, 1.807) is 30.3 Å². The number of fused-ring (bicyclic) bond motifs is 2. The Hall–Kier alpha value is -3.36. The molecular weight excluding hydrogens is 384 g/mol. The van der Waals surface area contributed by atoms with Gasteiger partial charge in [-0.25, -0.2) is 4.98 Å². The smallest absolute Gasteiger partial charge is 0.262 e. The van der Waals surface area contributed by atoms with Crippen molar-refractivity contribution in [3.63, 3.8) is 0 Å². The molecule has 2 aliphatic heterocycles. The standard InChI is InChI=1S/C21H24N6O3/c1-26-16-11-22-21(23-13-6-7-17-15(10-13)24-18(28)12-30-17)25-20(16)27(9-8-19(26)29)14-4-2-3-5-14/h6-7,10-11,14H,2-5,8-9,12H2,1H3,(H,24,28)(H,22,23,25). The van der Waals surface area contributed by atoms with Crippen LogP contribution >= 0.6 is 0 Å². The summed E-state index contributed by atoms with van der Waals surface area (Å²) in [5.74, 6) is 1.77. The van der Waals surface area contributed by atoms with E-state index in [1.165, 1.54) is 12.8 Å². The van der Waals surface area contributed by atoms with Gasteiger partial charge in [-0.2, -0.15) is 4.98 Å². The topological polar surface area (TPSA) is 99.7 Å². The highest BCUT2D eigenvalue weighted by Crippen LogP contribution is 2.37. The summed E-state index contributed by atoms with van der Waals surface area (Å²) in [4.78, 5) is 37.2. The Morgan fingerprint density at radius 2 is 2.07 bits per heavy atom. The van der Waals surface area contributed by atoms with E-state index in [0.717, 1.165) is 30.0 Å². The first-order valence-corrected chi connectivity index (χ1v) is 10.3. The normalized spacial score (nSPS) is 19.0. The zero-order valence-corrected chi connectivity index (χ0v) is 16.9. The number of anilines is 5. The van der Waals surface area contributed by atoms with Gasteiger partial charge in [-0.15, -0.1) is 0 Å². The maximum absolute atomic E-state index is 12.5. The summed E-state index contributed by atoms with van der Waals surface area (Å²) in [6.07, 6.45) is 6.83. The molecule has 156 valence electrons. The molecule has 1 aromatic carbocycles. The van der Waals surface area contributed by atoms with Gasteiger partial charge in [0.05, 0.1) is 11.9 Å². The third-order valence-corrected chi connectivity index (χ3v) is 5.96. The molecule has 0 bridgehead atoms. The second kappa shape index (κ2) is 7.47. The van der Waals surface area contributed by atoms with E-state index in [4.69, 9.17) is 9.72 Å². The molecule has 0 spiro atoms. The molecule has 9 nitrogen and oxygen atoms in total. The van der Waals surface area contributed by atoms with Crippen LogP contribution in [0.3, 0.4) is 0 Å². The van der Waals surface area contributed by atoms with Crippen LogP contribution in [0.1, 0.15) is 32.1 Å². The molecule has 0 unspecified atom stereocenters. The zero-order valence-electron chi connectivity index (χ0n) is 16.9. The Balaban J connectivity index is 1.47. The van der Waals surface area contributed by atoms with Crippen molar-refractivity contribution in [2.45, 2.75) is 38.1 Å². The highest BCUT2D eigenvalue weighted by molar-refractivity contribution is 5.97. The van der Waals surface area contributed by atoms with Crippen molar-refractivity contribution in [2.24, 2.45) is 0 Å². The number of carbonyl (C=O) groups excluding carboxylic acids is 2. The molecule has 3 heterocycles. The van der Waals surface area contributed by atoms with Gasteiger partial charge < -0.3 is 25.2 Å². The first-order chi connectivity index (χ1) is 14.6. The van der Waals surface area contributed by atoms with E-state index in [2.05, 4.69) is 20.5 Å². The van der Waals surface area contributed by atoms with Crippen LogP contribution in [0, 0.1) is 0 Å². The minimum Gasteiger partial charge on any atom is -0.482 e. The SMILES string of the molecule is CN1C(=O)CCN(C2CCCC2)c2nc(Nc3ccc4c(c3)NC(=O)CO4)ncc21. The molecule has 1 aliphatic carbocycles. The van der Waals surface area contributed by atoms with Gasteiger partial charge in [0.15, 0.2) is 12.4 Å². The number of carbonyl (C=O) groups is 2. The fraction of sp³-hybridized carbons (Fsp3) is 0.429. The molecule has 1 fully saturated rings. The Labute approximate surface area is 174 Å². The number of aromatic nitrogens is 2. The van der Waals surface area contributed by atoms with Gasteiger partial charge in [-0.05, 0) is 31.0 Å². The van der Waals surface area contributed by atoms with Crippen LogP contribution in [0.25, 0.3) is 0 Å². The highest BCUT2D eigenvalue weighted by atomic mass is 16.5. The molecule has 1 aromatic heterocycles. The van der Waals surface area contributed by atoms with Crippen LogP contribution in [-0.4, -0.2) is 48.0 Å². The summed E-state index contributed by atoms with van der Waals surface area (Å²) < 4.78 is 5.41. The number of nitrogens with zero attached hydrogens (tertiary/aromatic N) is 4. The van der Waals surface area contributed by atoms with Gasteiger partial charge >= 0.3 is 0 Å². The maximum atomic E-state index is 12.5. The van der Waals surface area contributed by atoms with Crippen LogP contribution in [0.5, 0.6) is 5.75 Å². The van der Waals surface area contributed by atoms with E-state index in [9.17, 15) is 9.59 Å². The van der Waals surface area contributed by atoms with Crippen LogP contribution in [0.2, 0.25) is 0 Å². The van der Waals surface area contributed by atoms with Gasteiger partial charge in [-0.1, -0.05) is 12.8 Å². The Kier molecular flexibility index (Phi) is 4.65. The predicted octanol–water partition coefficient (Wildman–Crippen LogP) is 2.67. The lowest BCUT2D eigenvalue weighted by molar-refractivity contribution is -0.119. The third-order valence-electron chi connectivity index (χ3n) is 5.96. The molecule has 0 saturated heterocycles. The number of ether oxygens (including phenoxy) is 1. The molecular formula is C21H24N6O3. The Morgan fingerprint density at radius 3 is 2.90 bits per heavy atom. The van der Waals surface area contributed by atoms with Crippen molar-refractivity contribution in [1.29, 1.82) is 0 Å². The zero-order chi connectivity index (χ0) is 20.7. The molecule has 0 atom stereocenters. The van der Waals surface area contributed by atoms with E-state index in [-0.39, 0.29) is 18.4 Å². The number of rotatable bonds is 3. The summed E-state index contributed by atoms with van der Waals surface area (Å²) in [7, 11) is 1.78. The van der Waals surface area contributed by atoms with Crippen molar-refractivity contribution >= 4 is 40.6 Å². The van der Waals surface area contributed by atoms with E-state index in [0.29, 0.717) is 36.4 Å². The second-order valence-corrected chi connectivity index (χ2v) is 7.91. The predicted molar refractivity (Wildman–Crippen MR) is 114 cm³/mol. The maximum Gasteiger partial charge on any atom is 0.262 e. The second-order valence-electron chi connectivity index (χ2n) is 7.91. The summed E-state index contributed by atoms with van der Waals surface area (Å²) in [6, 6.07) is 5.86. The van der Waals surface area contributed by atoms with E-state index < -0.39 is 0 Å². The van der Waals surface area contributed by atoms with Crippen molar-refractivity contribution in [2.75, 3.05) is 40.6 Å². The monoisotopic (exact) mass is 408 g/mol. The summed E-state index contributed by atoms with van der Waals surface area (Å²) in [5.41, 5.74) is 2.09. The van der Waals surface area contributed by atoms with Crippen LogP contribution < -0.4 is 25.2 Å². The number of hydrogen-bond acceptors (Lipinski definition) is 7. The number of hydrogen-bond donors (Lipinski definition) is 2. The molecule has 0 radical (unpaired) electrons. The quantitative estimate of drug-likeness (QED) is 0.805. The van der Waals surface area contributed by atoms with Crippen molar-refractivity contribution < 1.29 is 14.3 Å². The molecule has 3 aliphatic rings. The summed E-state index contributed by atoms with van der Waals surface area (Å²) in [5, 5.41) is 6.02. The number of amides is 2. The van der Waals surface area contributed by atoms with Crippen LogP contribution in [-0.2, 0) is 9.59 Å². The highest BCUT2D eigenvalue weighted by Gasteiger charge is 2.31. The molecule has 9 heteroatoms. The van der Waals surface area contributed by atoms with Crippen molar-refractivity contribution in [3.05, 3.63) is 24.4 Å². The number of benzene rings is 1. The van der Waals surface area contributed by atoms with Gasteiger partial charge in [-0.3, -0.25) is 9.59 Å². The molecule has 2 N–H and O–H groups in total. The first-order valence-electron chi connectivity index (χ1n) is 10.3. The third kappa shape index (κ3) is 3.40. The fourth-order valence-corrected chi connectivity index (χ4v) is 4.36. The molecule has 1 saturated carbocycles. The largest absolute Gasteiger partial charge is 0.482 e. The average Bonchev–Trinajstić information content (AvgIpc) is 3.24. The lowest BCUT2D eigenvalue weighted by Crippen LogP contribution is -2.34. The van der Waals surface area contributed by atoms with Gasteiger partial charge in [0.2, 0.25) is 11.9 Å². The Morgan fingerprint density at radius 1 is 1.23 bits per heavy atom. The van der Waals surface area contributed by atoms with Crippen LogP contribution in [0.15, 0.2) is 24.4 Å². The minimum atomic E-state index is -0.180. The fourth-order valence-electron chi connectivity index (χ4n) is 4.36. The molecule has 2 amide bonds. The van der Waals surface area contributed by atoms with E-state index >= 15 is 0 Å². The lowest BCUT2D eigenvalue weighted by Gasteiger charge is -2.30. The van der Waals surface area contributed by atoms with Gasteiger partial charge in [0, 0.05) is 31.7 Å². The number of nitrogens with one attached hydrogen (secondary N) is 2. The van der Waals surface area contributed by atoms with Crippen molar-refractivity contribution in [1.82, 2.24) is 9.97 Å². The van der Waals surface area contributed by atoms with Crippen LogP contribution in [0.4, 0.5) is 28.8 Å². The summed E-state index contributed by atoms with van der Waals surface area (Å²) in [6.45, 7) is 0.691. The van der Waals surface area contributed by atoms with E-state index in [1.807, 2.05) is 6.07 Å². The lowest BCUT2D eigenvalue weighted by atomic mass is 10.2. The van der Waals surface area contributed by atoms with Crippen molar-refractivity contribution in [3.8, 4) is 5.75 Å².